The van der Waals surface area contributed by atoms with E-state index in [4.69, 9.17) is 0 Å². The third-order valence-electron chi connectivity index (χ3n) is 6.10. The molecule has 0 saturated heterocycles. The fourth-order valence-corrected chi connectivity index (χ4v) is 4.17. The molecule has 2 heterocycles. The molecule has 1 unspecified atom stereocenters. The molecule has 2 aromatic rings. The number of hydrogen-bond donors (Lipinski definition) is 2. The summed E-state index contributed by atoms with van der Waals surface area (Å²) in [7, 11) is 3.81. The Bertz CT molecular complexity index is 1060. The zero-order valence-electron chi connectivity index (χ0n) is 19.1. The predicted octanol–water partition coefficient (Wildman–Crippen LogP) is 1.01. The van der Waals surface area contributed by atoms with Crippen molar-refractivity contribution in [1.29, 1.82) is 0 Å². The van der Waals surface area contributed by atoms with Crippen LogP contribution in [0.4, 0.5) is 4.39 Å². The number of aromatic nitrogens is 2. The van der Waals surface area contributed by atoms with E-state index < -0.39 is 11.4 Å². The molecule has 0 radical (unpaired) electrons. The number of imidazole rings is 1. The van der Waals surface area contributed by atoms with Gasteiger partial charge in [0.25, 0.3) is 11.8 Å². The molecule has 1 aliphatic heterocycles. The van der Waals surface area contributed by atoms with E-state index in [9.17, 15) is 18.8 Å². The lowest BCUT2D eigenvalue weighted by Gasteiger charge is -2.44. The zero-order valence-corrected chi connectivity index (χ0v) is 19.1. The van der Waals surface area contributed by atoms with Gasteiger partial charge in [-0.3, -0.25) is 14.4 Å². The Kier molecular flexibility index (Phi) is 6.20. The lowest BCUT2D eigenvalue weighted by molar-refractivity contribution is -0.133. The van der Waals surface area contributed by atoms with E-state index in [1.54, 1.807) is 28.5 Å². The molecule has 1 aromatic heterocycles. The maximum atomic E-state index is 13.6. The van der Waals surface area contributed by atoms with Crippen LogP contribution in [-0.2, 0) is 17.9 Å². The number of carbonyl (C=O) groups is 3. The van der Waals surface area contributed by atoms with Gasteiger partial charge in [-0.1, -0.05) is 12.1 Å². The van der Waals surface area contributed by atoms with Crippen LogP contribution >= 0.6 is 0 Å². The summed E-state index contributed by atoms with van der Waals surface area (Å²) in [5.74, 6) is -1.41. The van der Waals surface area contributed by atoms with Crippen LogP contribution in [0, 0.1) is 5.82 Å². The molecule has 0 spiro atoms. The number of nitrogens with one attached hydrogen (secondary N) is 2. The van der Waals surface area contributed by atoms with Gasteiger partial charge in [-0.05, 0) is 51.6 Å². The maximum Gasteiger partial charge on any atom is 0.274 e. The molecule has 0 bridgehead atoms. The van der Waals surface area contributed by atoms with Crippen LogP contribution in [0.1, 0.15) is 46.3 Å². The molecule has 33 heavy (non-hydrogen) atoms. The first-order valence-electron chi connectivity index (χ1n) is 11.0. The predicted molar refractivity (Wildman–Crippen MR) is 119 cm³/mol. The third-order valence-corrected chi connectivity index (χ3v) is 6.10. The van der Waals surface area contributed by atoms with Crippen molar-refractivity contribution in [2.24, 2.45) is 0 Å². The van der Waals surface area contributed by atoms with Gasteiger partial charge >= 0.3 is 0 Å². The van der Waals surface area contributed by atoms with Crippen molar-refractivity contribution in [1.82, 2.24) is 30.0 Å². The van der Waals surface area contributed by atoms with Gasteiger partial charge in [-0.25, -0.2) is 9.37 Å². The van der Waals surface area contributed by atoms with E-state index in [0.29, 0.717) is 13.1 Å². The summed E-state index contributed by atoms with van der Waals surface area (Å²) in [6.45, 7) is 3.25. The van der Waals surface area contributed by atoms with E-state index >= 15 is 0 Å². The van der Waals surface area contributed by atoms with Gasteiger partial charge < -0.3 is 25.0 Å². The number of likely N-dealkylation sites (N-methyl/N-ethyl adjacent to an activating group) is 1. The topological polar surface area (TPSA) is 99.6 Å². The van der Waals surface area contributed by atoms with Crippen LogP contribution < -0.4 is 10.6 Å². The standard InChI is InChI=1S/C23H29FN6O3/c1-23(22(33)26-12-15-4-6-16(24)7-5-15)13-29-14-27-18(20(31)25-10-11-28(2)3)19(29)21(32)30(23)17-8-9-17/h4-7,14,17H,8-13H2,1-3H3,(H,25,31)(H,26,33). The lowest BCUT2D eigenvalue weighted by atomic mass is 9.93. The Morgan fingerprint density at radius 1 is 1.21 bits per heavy atom. The molecule has 3 amide bonds. The van der Waals surface area contributed by atoms with Crippen molar-refractivity contribution < 1.29 is 18.8 Å². The number of fused-ring (bicyclic) bond motifs is 1. The lowest BCUT2D eigenvalue weighted by Crippen LogP contribution is -2.64. The van der Waals surface area contributed by atoms with Gasteiger partial charge in [0.05, 0.1) is 12.9 Å². The van der Waals surface area contributed by atoms with Gasteiger partial charge in [0.15, 0.2) is 5.69 Å². The van der Waals surface area contributed by atoms with Crippen LogP contribution in [0.5, 0.6) is 0 Å². The number of nitrogens with zero attached hydrogens (tertiary/aromatic N) is 4. The molecular formula is C23H29FN6O3. The summed E-state index contributed by atoms with van der Waals surface area (Å²) >= 11 is 0. The highest BCUT2D eigenvalue weighted by molar-refractivity contribution is 6.07. The second-order valence-corrected chi connectivity index (χ2v) is 9.12. The highest BCUT2D eigenvalue weighted by Crippen LogP contribution is 2.38. The van der Waals surface area contributed by atoms with Crippen molar-refractivity contribution >= 4 is 17.7 Å². The quantitative estimate of drug-likeness (QED) is 0.618. The Hall–Kier alpha value is -3.27. The van der Waals surface area contributed by atoms with Gasteiger partial charge in [-0.15, -0.1) is 0 Å². The van der Waals surface area contributed by atoms with Crippen molar-refractivity contribution in [3.63, 3.8) is 0 Å². The first kappa shape index (κ1) is 22.9. The van der Waals surface area contributed by atoms with Crippen LogP contribution in [-0.4, -0.2) is 75.8 Å². The van der Waals surface area contributed by atoms with Crippen LogP contribution in [0.25, 0.3) is 0 Å². The Balaban J connectivity index is 1.55. The molecule has 1 fully saturated rings. The number of carbonyl (C=O) groups excluding carboxylic acids is 3. The molecule has 1 saturated carbocycles. The molecule has 2 aliphatic rings. The fourth-order valence-electron chi connectivity index (χ4n) is 4.17. The second kappa shape index (κ2) is 8.93. The van der Waals surface area contributed by atoms with E-state index in [-0.39, 0.29) is 48.2 Å². The minimum atomic E-state index is -1.13. The average molecular weight is 457 g/mol. The summed E-state index contributed by atoms with van der Waals surface area (Å²) in [5.41, 5.74) is -0.0790. The van der Waals surface area contributed by atoms with Gasteiger partial charge in [0.1, 0.15) is 17.1 Å². The molecule has 1 aromatic carbocycles. The van der Waals surface area contributed by atoms with Crippen molar-refractivity contribution in [2.75, 3.05) is 27.2 Å². The molecule has 2 N–H and O–H groups in total. The molecule has 9 nitrogen and oxygen atoms in total. The minimum Gasteiger partial charge on any atom is -0.350 e. The highest BCUT2D eigenvalue weighted by Gasteiger charge is 2.53. The fraction of sp³-hybridized carbons (Fsp3) is 0.478. The summed E-state index contributed by atoms with van der Waals surface area (Å²) in [4.78, 5) is 47.3. The largest absolute Gasteiger partial charge is 0.350 e. The number of amides is 3. The second-order valence-electron chi connectivity index (χ2n) is 9.12. The number of benzene rings is 1. The monoisotopic (exact) mass is 456 g/mol. The van der Waals surface area contributed by atoms with E-state index in [0.717, 1.165) is 18.4 Å². The summed E-state index contributed by atoms with van der Waals surface area (Å²) in [6, 6.07) is 5.85. The third kappa shape index (κ3) is 4.61. The van der Waals surface area contributed by atoms with Crippen molar-refractivity contribution in [3.05, 3.63) is 53.4 Å². The SMILES string of the molecule is CN(C)CCNC(=O)c1ncn2c1C(=O)N(C1CC1)C(C)(C(=O)NCc1ccc(F)cc1)C2. The average Bonchev–Trinajstić information content (AvgIpc) is 3.50. The molecule has 4 rings (SSSR count). The molecule has 1 aliphatic carbocycles. The van der Waals surface area contributed by atoms with Gasteiger partial charge in [0.2, 0.25) is 5.91 Å². The Morgan fingerprint density at radius 3 is 2.55 bits per heavy atom. The number of rotatable bonds is 8. The first-order valence-corrected chi connectivity index (χ1v) is 11.0. The molecule has 176 valence electrons. The summed E-state index contributed by atoms with van der Waals surface area (Å²) in [5, 5.41) is 5.69. The maximum absolute atomic E-state index is 13.6. The van der Waals surface area contributed by atoms with E-state index in [1.165, 1.54) is 18.5 Å². The van der Waals surface area contributed by atoms with E-state index in [2.05, 4.69) is 15.6 Å². The van der Waals surface area contributed by atoms with Crippen LogP contribution in [0.15, 0.2) is 30.6 Å². The zero-order chi connectivity index (χ0) is 23.8. The molecule has 10 heteroatoms. The van der Waals surface area contributed by atoms with Crippen molar-refractivity contribution in [3.8, 4) is 0 Å². The Morgan fingerprint density at radius 2 is 1.91 bits per heavy atom. The first-order chi connectivity index (χ1) is 15.7. The van der Waals surface area contributed by atoms with Crippen molar-refractivity contribution in [2.45, 2.75) is 44.4 Å². The van der Waals surface area contributed by atoms with Crippen LogP contribution in [0.3, 0.4) is 0 Å². The molecular weight excluding hydrogens is 427 g/mol. The van der Waals surface area contributed by atoms with Gasteiger partial charge in [-0.2, -0.15) is 0 Å². The van der Waals surface area contributed by atoms with E-state index in [1.807, 2.05) is 19.0 Å². The normalized spacial score (nSPS) is 20.0. The summed E-state index contributed by atoms with van der Waals surface area (Å²) in [6.07, 6.45) is 3.07. The molecule has 1 atom stereocenters. The number of hydrogen-bond acceptors (Lipinski definition) is 5. The number of halogens is 1. The highest BCUT2D eigenvalue weighted by atomic mass is 19.1. The van der Waals surface area contributed by atoms with Gasteiger partial charge in [0, 0.05) is 25.7 Å². The Labute approximate surface area is 191 Å². The van der Waals surface area contributed by atoms with Crippen LogP contribution in [0.2, 0.25) is 0 Å². The minimum absolute atomic E-state index is 0.0487. The summed E-state index contributed by atoms with van der Waals surface area (Å²) < 4.78 is 14.8. The smallest absolute Gasteiger partial charge is 0.274 e.